The smallest absolute Gasteiger partial charge is 0.225 e. The lowest BCUT2D eigenvalue weighted by molar-refractivity contribution is -0.116. The summed E-state index contributed by atoms with van der Waals surface area (Å²) in [5, 5.41) is 17.9. The number of para-hydroxylation sites is 1. The standard InChI is InChI=1S/C15H22N4O2.HI/c1-2-16-15(17-7-8-20)18-10-11-9-14(21)19-13-6-4-3-5-12(11)13;/h3-6,11,20H,2,7-10H2,1H3,(H,19,21)(H2,16,17,18);1H. The highest BCUT2D eigenvalue weighted by Crippen LogP contribution is 2.31. The summed E-state index contributed by atoms with van der Waals surface area (Å²) in [4.78, 5) is 16.3. The Kier molecular flexibility index (Phi) is 8.18. The highest BCUT2D eigenvalue weighted by Gasteiger charge is 2.24. The number of aliphatic hydroxyl groups is 1. The molecule has 7 heteroatoms. The molecule has 0 saturated heterocycles. The monoisotopic (exact) mass is 418 g/mol. The Morgan fingerprint density at radius 2 is 2.18 bits per heavy atom. The van der Waals surface area contributed by atoms with E-state index in [0.717, 1.165) is 17.8 Å². The molecule has 1 aliphatic heterocycles. The molecule has 0 aliphatic carbocycles. The van der Waals surface area contributed by atoms with Crippen LogP contribution in [0.5, 0.6) is 0 Å². The largest absolute Gasteiger partial charge is 0.395 e. The summed E-state index contributed by atoms with van der Waals surface area (Å²) in [6.45, 7) is 3.77. The van der Waals surface area contributed by atoms with Gasteiger partial charge in [0.05, 0.1) is 13.2 Å². The van der Waals surface area contributed by atoms with Crippen LogP contribution in [-0.4, -0.2) is 43.2 Å². The second-order valence-corrected chi connectivity index (χ2v) is 4.91. The number of halogens is 1. The number of fused-ring (bicyclic) bond motifs is 1. The molecule has 1 aliphatic rings. The van der Waals surface area contributed by atoms with Crippen LogP contribution in [0.2, 0.25) is 0 Å². The lowest BCUT2D eigenvalue weighted by Crippen LogP contribution is -2.39. The van der Waals surface area contributed by atoms with Gasteiger partial charge in [-0.3, -0.25) is 9.79 Å². The molecule has 0 saturated carbocycles. The van der Waals surface area contributed by atoms with Crippen LogP contribution < -0.4 is 16.0 Å². The van der Waals surface area contributed by atoms with Crippen LogP contribution in [0.15, 0.2) is 29.3 Å². The van der Waals surface area contributed by atoms with Crippen LogP contribution >= 0.6 is 24.0 Å². The first kappa shape index (κ1) is 18.7. The highest BCUT2D eigenvalue weighted by molar-refractivity contribution is 14.0. The molecule has 1 atom stereocenters. The number of nitrogens with one attached hydrogen (secondary N) is 3. The number of rotatable bonds is 5. The number of hydrogen-bond donors (Lipinski definition) is 4. The van der Waals surface area contributed by atoms with Crippen molar-refractivity contribution in [2.45, 2.75) is 19.3 Å². The lowest BCUT2D eigenvalue weighted by atomic mass is 9.91. The van der Waals surface area contributed by atoms with Crippen molar-refractivity contribution in [3.05, 3.63) is 29.8 Å². The fraction of sp³-hybridized carbons (Fsp3) is 0.467. The summed E-state index contributed by atoms with van der Waals surface area (Å²) >= 11 is 0. The first-order chi connectivity index (χ1) is 10.2. The number of aliphatic imine (C=N–C) groups is 1. The van der Waals surface area contributed by atoms with Gasteiger partial charge >= 0.3 is 0 Å². The van der Waals surface area contributed by atoms with Crippen molar-refractivity contribution in [2.75, 3.05) is 31.6 Å². The van der Waals surface area contributed by atoms with Crippen molar-refractivity contribution in [2.24, 2.45) is 4.99 Å². The molecule has 2 rings (SSSR count). The van der Waals surface area contributed by atoms with Crippen LogP contribution in [0.1, 0.15) is 24.8 Å². The maximum absolute atomic E-state index is 11.8. The minimum atomic E-state index is 0. The third-order valence-corrected chi connectivity index (χ3v) is 3.32. The van der Waals surface area contributed by atoms with E-state index in [4.69, 9.17) is 5.11 Å². The van der Waals surface area contributed by atoms with E-state index in [2.05, 4.69) is 20.9 Å². The number of nitrogens with zero attached hydrogens (tertiary/aromatic N) is 1. The predicted molar refractivity (Wildman–Crippen MR) is 98.9 cm³/mol. The molecule has 0 spiro atoms. The molecule has 0 aromatic heterocycles. The Labute approximate surface area is 147 Å². The van der Waals surface area contributed by atoms with E-state index in [1.165, 1.54) is 0 Å². The first-order valence-corrected chi connectivity index (χ1v) is 7.26. The number of carbonyl (C=O) groups is 1. The van der Waals surface area contributed by atoms with Crippen LogP contribution in [0.4, 0.5) is 5.69 Å². The molecule has 0 bridgehead atoms. The zero-order chi connectivity index (χ0) is 15.1. The van der Waals surface area contributed by atoms with Crippen LogP contribution in [0.3, 0.4) is 0 Å². The Hall–Kier alpha value is -1.35. The van der Waals surface area contributed by atoms with Crippen molar-refractivity contribution in [3.8, 4) is 0 Å². The third-order valence-electron chi connectivity index (χ3n) is 3.32. The van der Waals surface area contributed by atoms with Gasteiger partial charge in [0, 0.05) is 31.1 Å². The summed E-state index contributed by atoms with van der Waals surface area (Å²) in [6.07, 6.45) is 0.444. The van der Waals surface area contributed by atoms with Crippen LogP contribution in [-0.2, 0) is 4.79 Å². The molecule has 4 N–H and O–H groups in total. The fourth-order valence-electron chi connectivity index (χ4n) is 2.38. The minimum Gasteiger partial charge on any atom is -0.395 e. The SMILES string of the molecule is CCNC(=NCC1CC(=O)Nc2ccccc21)NCCO.I. The van der Waals surface area contributed by atoms with E-state index in [-0.39, 0.29) is 42.4 Å². The maximum Gasteiger partial charge on any atom is 0.225 e. The Balaban J connectivity index is 0.00000242. The summed E-state index contributed by atoms with van der Waals surface area (Å²) in [6, 6.07) is 7.83. The predicted octanol–water partition coefficient (Wildman–Crippen LogP) is 1.28. The third kappa shape index (κ3) is 5.13. The molecule has 1 aromatic carbocycles. The summed E-state index contributed by atoms with van der Waals surface area (Å²) in [5.74, 6) is 0.775. The molecular formula is C15H23IN4O2. The molecule has 0 fully saturated rings. The van der Waals surface area contributed by atoms with Gasteiger partial charge in [-0.15, -0.1) is 24.0 Å². The quantitative estimate of drug-likeness (QED) is 0.330. The van der Waals surface area contributed by atoms with Gasteiger partial charge < -0.3 is 21.1 Å². The number of amides is 1. The maximum atomic E-state index is 11.8. The van der Waals surface area contributed by atoms with E-state index in [9.17, 15) is 4.79 Å². The molecule has 1 aromatic rings. The van der Waals surface area contributed by atoms with Crippen LogP contribution in [0, 0.1) is 0 Å². The summed E-state index contributed by atoms with van der Waals surface area (Å²) in [5.41, 5.74) is 2.00. The van der Waals surface area contributed by atoms with E-state index in [0.29, 0.717) is 25.5 Å². The number of benzene rings is 1. The van der Waals surface area contributed by atoms with Crippen LogP contribution in [0.25, 0.3) is 0 Å². The van der Waals surface area contributed by atoms with E-state index < -0.39 is 0 Å². The van der Waals surface area contributed by atoms with Gasteiger partial charge in [0.2, 0.25) is 5.91 Å². The van der Waals surface area contributed by atoms with E-state index in [1.54, 1.807) is 0 Å². The van der Waals surface area contributed by atoms with Crippen molar-refractivity contribution in [1.29, 1.82) is 0 Å². The van der Waals surface area contributed by atoms with Crippen molar-refractivity contribution in [3.63, 3.8) is 0 Å². The molecule has 1 unspecified atom stereocenters. The average molecular weight is 418 g/mol. The number of guanidine groups is 1. The summed E-state index contributed by atoms with van der Waals surface area (Å²) in [7, 11) is 0. The van der Waals surface area contributed by atoms with Gasteiger partial charge in [-0.25, -0.2) is 0 Å². The van der Waals surface area contributed by atoms with Gasteiger partial charge in [0.25, 0.3) is 0 Å². The highest BCUT2D eigenvalue weighted by atomic mass is 127. The second kappa shape index (κ2) is 9.62. The van der Waals surface area contributed by atoms with Gasteiger partial charge in [-0.2, -0.15) is 0 Å². The fourth-order valence-corrected chi connectivity index (χ4v) is 2.38. The lowest BCUT2D eigenvalue weighted by Gasteiger charge is -2.24. The zero-order valence-electron chi connectivity index (χ0n) is 12.6. The number of carbonyl (C=O) groups excluding carboxylic acids is 1. The molecule has 1 heterocycles. The van der Waals surface area contributed by atoms with Crippen molar-refractivity contribution >= 4 is 41.5 Å². The van der Waals surface area contributed by atoms with Crippen molar-refractivity contribution < 1.29 is 9.90 Å². The van der Waals surface area contributed by atoms with E-state index >= 15 is 0 Å². The topological polar surface area (TPSA) is 85.8 Å². The number of hydrogen-bond acceptors (Lipinski definition) is 3. The Morgan fingerprint density at radius 1 is 1.41 bits per heavy atom. The molecule has 0 radical (unpaired) electrons. The van der Waals surface area contributed by atoms with Gasteiger partial charge in [0.1, 0.15) is 0 Å². The van der Waals surface area contributed by atoms with Gasteiger partial charge in [-0.05, 0) is 18.6 Å². The number of aliphatic hydroxyl groups excluding tert-OH is 1. The second-order valence-electron chi connectivity index (χ2n) is 4.91. The average Bonchev–Trinajstić information content (AvgIpc) is 2.49. The number of anilines is 1. The minimum absolute atomic E-state index is 0. The first-order valence-electron chi connectivity index (χ1n) is 7.26. The Bertz CT molecular complexity index is 522. The Morgan fingerprint density at radius 3 is 2.91 bits per heavy atom. The normalized spacial score (nSPS) is 17.1. The summed E-state index contributed by atoms with van der Waals surface area (Å²) < 4.78 is 0. The van der Waals surface area contributed by atoms with E-state index in [1.807, 2.05) is 31.2 Å². The molecule has 1 amide bonds. The molecule has 122 valence electrons. The molecule has 22 heavy (non-hydrogen) atoms. The zero-order valence-corrected chi connectivity index (χ0v) is 15.0. The van der Waals surface area contributed by atoms with Gasteiger partial charge in [-0.1, -0.05) is 18.2 Å². The molecule has 6 nitrogen and oxygen atoms in total. The van der Waals surface area contributed by atoms with Gasteiger partial charge in [0.15, 0.2) is 5.96 Å². The molecular weight excluding hydrogens is 395 g/mol. The van der Waals surface area contributed by atoms with Crippen molar-refractivity contribution in [1.82, 2.24) is 10.6 Å².